The highest BCUT2D eigenvalue weighted by molar-refractivity contribution is 5.93. The van der Waals surface area contributed by atoms with Crippen molar-refractivity contribution in [2.75, 3.05) is 5.32 Å². The molecule has 2 nitrogen and oxygen atoms in total. The molecule has 6 atom stereocenters. The van der Waals surface area contributed by atoms with Gasteiger partial charge in [-0.15, -0.1) is 0 Å². The molecule has 116 valence electrons. The second kappa shape index (κ2) is 5.95. The lowest BCUT2D eigenvalue weighted by Gasteiger charge is -2.35. The third-order valence-corrected chi connectivity index (χ3v) is 3.30. The van der Waals surface area contributed by atoms with Gasteiger partial charge in [0.05, 0.1) is 0 Å². The molecule has 0 heterocycles. The molecule has 0 bridgehead atoms. The van der Waals surface area contributed by atoms with Crippen LogP contribution in [0.1, 0.15) is 0 Å². The summed E-state index contributed by atoms with van der Waals surface area (Å²) < 4.78 is 79.5. The van der Waals surface area contributed by atoms with Crippen LogP contribution in [0.3, 0.4) is 0 Å². The SMILES string of the molecule is O=C(Nc1cccc(F)c1)C1[C@@H](F)[C@H](F)C(F)[C@@H](F)[C@H]1F. The Morgan fingerprint density at radius 3 is 1.95 bits per heavy atom. The van der Waals surface area contributed by atoms with Crippen LogP contribution in [0.2, 0.25) is 0 Å². The summed E-state index contributed by atoms with van der Waals surface area (Å²) in [6, 6.07) is 4.37. The van der Waals surface area contributed by atoms with Gasteiger partial charge in [-0.1, -0.05) is 6.07 Å². The van der Waals surface area contributed by atoms with Gasteiger partial charge in [0.2, 0.25) is 5.91 Å². The van der Waals surface area contributed by atoms with Crippen molar-refractivity contribution in [3.05, 3.63) is 30.1 Å². The molecule has 0 aromatic heterocycles. The van der Waals surface area contributed by atoms with E-state index in [2.05, 4.69) is 0 Å². The molecule has 1 fully saturated rings. The van der Waals surface area contributed by atoms with Crippen LogP contribution < -0.4 is 5.32 Å². The average molecular weight is 311 g/mol. The molecule has 8 heteroatoms. The van der Waals surface area contributed by atoms with Crippen molar-refractivity contribution in [2.45, 2.75) is 30.9 Å². The number of amides is 1. The first-order valence-electron chi connectivity index (χ1n) is 6.09. The minimum atomic E-state index is -2.96. The molecule has 0 radical (unpaired) electrons. The molecule has 1 aliphatic rings. The Labute approximate surface area is 116 Å². The van der Waals surface area contributed by atoms with E-state index in [-0.39, 0.29) is 5.69 Å². The summed E-state index contributed by atoms with van der Waals surface area (Å²) in [5, 5.41) is 1.95. The zero-order chi connectivity index (χ0) is 15.7. The van der Waals surface area contributed by atoms with Gasteiger partial charge in [0.25, 0.3) is 0 Å². The summed E-state index contributed by atoms with van der Waals surface area (Å²) in [7, 11) is 0. The molecule has 1 N–H and O–H groups in total. The van der Waals surface area contributed by atoms with Gasteiger partial charge in [-0.2, -0.15) is 0 Å². The first kappa shape index (κ1) is 15.7. The van der Waals surface area contributed by atoms with Crippen molar-refractivity contribution in [2.24, 2.45) is 5.92 Å². The van der Waals surface area contributed by atoms with Gasteiger partial charge in [0.1, 0.15) is 24.1 Å². The summed E-state index contributed by atoms with van der Waals surface area (Å²) in [5.41, 5.74) is -0.132. The standard InChI is InChI=1S/C13H11F6NO/c14-5-2-1-3-6(4-5)20-13(21)7-8(15)10(17)12(19)11(18)9(7)16/h1-4,7-12H,(H,20,21)/t7?,8-,9+,10-,11-,12?/m0/s1. The fourth-order valence-electron chi connectivity index (χ4n) is 2.18. The summed E-state index contributed by atoms with van der Waals surface area (Å²) in [6.45, 7) is 0. The van der Waals surface area contributed by atoms with Crippen molar-refractivity contribution in [1.82, 2.24) is 0 Å². The maximum Gasteiger partial charge on any atom is 0.233 e. The Morgan fingerprint density at radius 2 is 1.43 bits per heavy atom. The van der Waals surface area contributed by atoms with E-state index in [1.54, 1.807) is 0 Å². The molecule has 21 heavy (non-hydrogen) atoms. The topological polar surface area (TPSA) is 29.1 Å². The van der Waals surface area contributed by atoms with Gasteiger partial charge in [0, 0.05) is 5.69 Å². The van der Waals surface area contributed by atoms with Gasteiger partial charge < -0.3 is 5.32 Å². The minimum Gasteiger partial charge on any atom is -0.326 e. The van der Waals surface area contributed by atoms with Crippen LogP contribution in [-0.4, -0.2) is 36.8 Å². The predicted octanol–water partition coefficient (Wildman–Crippen LogP) is 3.08. The number of carbonyl (C=O) groups excluding carboxylic acids is 1. The molecule has 1 saturated carbocycles. The third-order valence-electron chi connectivity index (χ3n) is 3.30. The number of hydrogen-bond acceptors (Lipinski definition) is 1. The van der Waals surface area contributed by atoms with Crippen molar-refractivity contribution in [3.8, 4) is 0 Å². The number of benzene rings is 1. The number of rotatable bonds is 2. The zero-order valence-electron chi connectivity index (χ0n) is 10.4. The molecule has 2 unspecified atom stereocenters. The maximum atomic E-state index is 13.6. The molecule has 1 amide bonds. The molecule has 2 rings (SSSR count). The van der Waals surface area contributed by atoms with Gasteiger partial charge in [-0.3, -0.25) is 4.79 Å². The van der Waals surface area contributed by atoms with Crippen LogP contribution in [-0.2, 0) is 4.79 Å². The molecule has 0 aliphatic heterocycles. The maximum absolute atomic E-state index is 13.6. The Balaban J connectivity index is 2.17. The number of anilines is 1. The lowest BCUT2D eigenvalue weighted by Crippen LogP contribution is -2.56. The van der Waals surface area contributed by atoms with E-state index in [9.17, 15) is 31.1 Å². The Hall–Kier alpha value is -1.73. The second-order valence-electron chi connectivity index (χ2n) is 4.75. The minimum absolute atomic E-state index is 0.132. The average Bonchev–Trinajstić information content (AvgIpc) is 2.43. The molecule has 1 aliphatic carbocycles. The monoisotopic (exact) mass is 311 g/mol. The van der Waals surface area contributed by atoms with Crippen LogP contribution in [0, 0.1) is 11.7 Å². The Bertz CT molecular complexity index is 511. The third kappa shape index (κ3) is 2.98. The number of alkyl halides is 5. The second-order valence-corrected chi connectivity index (χ2v) is 4.75. The number of carbonyl (C=O) groups is 1. The van der Waals surface area contributed by atoms with Crippen LogP contribution >= 0.6 is 0 Å². The van der Waals surface area contributed by atoms with Crippen LogP contribution in [0.15, 0.2) is 24.3 Å². The van der Waals surface area contributed by atoms with Crippen molar-refractivity contribution >= 4 is 11.6 Å². The molecule has 0 saturated heterocycles. The quantitative estimate of drug-likeness (QED) is 0.836. The summed E-state index contributed by atoms with van der Waals surface area (Å²) in [5.74, 6) is -4.44. The fraction of sp³-hybridized carbons (Fsp3) is 0.462. The van der Waals surface area contributed by atoms with Crippen molar-refractivity contribution < 1.29 is 31.1 Å². The number of nitrogens with one attached hydrogen (secondary N) is 1. The molecular formula is C13H11F6NO. The Morgan fingerprint density at radius 1 is 0.905 bits per heavy atom. The zero-order valence-corrected chi connectivity index (χ0v) is 10.4. The number of hydrogen-bond donors (Lipinski definition) is 1. The van der Waals surface area contributed by atoms with E-state index in [1.807, 2.05) is 5.32 Å². The van der Waals surface area contributed by atoms with Gasteiger partial charge in [-0.25, -0.2) is 26.3 Å². The lowest BCUT2D eigenvalue weighted by atomic mass is 9.81. The predicted molar refractivity (Wildman–Crippen MR) is 63.0 cm³/mol. The largest absolute Gasteiger partial charge is 0.326 e. The van der Waals surface area contributed by atoms with Crippen molar-refractivity contribution in [1.29, 1.82) is 0 Å². The van der Waals surface area contributed by atoms with Gasteiger partial charge in [0.15, 0.2) is 18.5 Å². The van der Waals surface area contributed by atoms with E-state index >= 15 is 0 Å². The highest BCUT2D eigenvalue weighted by atomic mass is 19.2. The first-order chi connectivity index (χ1) is 9.82. The van der Waals surface area contributed by atoms with E-state index in [1.165, 1.54) is 12.1 Å². The van der Waals surface area contributed by atoms with Crippen LogP contribution in [0.4, 0.5) is 32.0 Å². The first-order valence-corrected chi connectivity index (χ1v) is 6.09. The van der Waals surface area contributed by atoms with E-state index in [0.717, 1.165) is 12.1 Å². The Kier molecular flexibility index (Phi) is 4.43. The molecule has 1 aromatic carbocycles. The summed E-state index contributed by atoms with van der Waals surface area (Å²) in [6.07, 6.45) is -14.5. The van der Waals surface area contributed by atoms with E-state index < -0.39 is 48.5 Å². The molecular weight excluding hydrogens is 300 g/mol. The van der Waals surface area contributed by atoms with Gasteiger partial charge >= 0.3 is 0 Å². The normalized spacial score (nSPS) is 36.3. The van der Waals surface area contributed by atoms with Crippen LogP contribution in [0.5, 0.6) is 0 Å². The highest BCUT2D eigenvalue weighted by Gasteiger charge is 2.56. The highest BCUT2D eigenvalue weighted by Crippen LogP contribution is 2.36. The smallest absolute Gasteiger partial charge is 0.233 e. The van der Waals surface area contributed by atoms with Crippen molar-refractivity contribution in [3.63, 3.8) is 0 Å². The summed E-state index contributed by atoms with van der Waals surface area (Å²) >= 11 is 0. The molecule has 1 aromatic rings. The summed E-state index contributed by atoms with van der Waals surface area (Å²) in [4.78, 5) is 11.7. The molecule has 0 spiro atoms. The lowest BCUT2D eigenvalue weighted by molar-refractivity contribution is -0.138. The van der Waals surface area contributed by atoms with E-state index in [0.29, 0.717) is 0 Å². The number of halogens is 6. The van der Waals surface area contributed by atoms with Crippen LogP contribution in [0.25, 0.3) is 0 Å². The fourth-order valence-corrected chi connectivity index (χ4v) is 2.18. The van der Waals surface area contributed by atoms with Gasteiger partial charge in [-0.05, 0) is 18.2 Å². The van der Waals surface area contributed by atoms with E-state index in [4.69, 9.17) is 0 Å².